The highest BCUT2D eigenvalue weighted by Crippen LogP contribution is 2.38. The van der Waals surface area contributed by atoms with E-state index in [9.17, 15) is 15.5 Å². The van der Waals surface area contributed by atoms with Gasteiger partial charge in [0, 0.05) is 16.2 Å². The van der Waals surface area contributed by atoms with E-state index in [1.54, 1.807) is 24.3 Å². The summed E-state index contributed by atoms with van der Waals surface area (Å²) in [6.07, 6.45) is 0. The average molecular weight is 275 g/mol. The third kappa shape index (κ3) is 1.49. The summed E-state index contributed by atoms with van der Waals surface area (Å²) < 4.78 is 5.83. The molecule has 0 aliphatic rings. The summed E-state index contributed by atoms with van der Waals surface area (Å²) in [5, 5.41) is 32.0. The number of nitriles is 1. The van der Waals surface area contributed by atoms with Crippen LogP contribution in [0.1, 0.15) is 5.56 Å². The summed E-state index contributed by atoms with van der Waals surface area (Å²) in [6.45, 7) is 0. The molecule has 0 saturated carbocycles. The van der Waals surface area contributed by atoms with Crippen molar-refractivity contribution >= 4 is 32.7 Å². The van der Waals surface area contributed by atoms with Crippen molar-refractivity contribution in [3.63, 3.8) is 0 Å². The molecule has 0 atom stereocenters. The molecule has 1 heterocycles. The molecule has 21 heavy (non-hydrogen) atoms. The van der Waals surface area contributed by atoms with Gasteiger partial charge in [-0.25, -0.2) is 0 Å². The standard InChI is InChI=1S/C17H9NO3/c18-8-14-15(20)6-5-12-11-4-2-9-1-3-10(19)7-13(9)16(11)21-17(12)14/h1-7,19-20H. The molecule has 0 unspecified atom stereocenters. The largest absolute Gasteiger partial charge is 0.508 e. The number of phenolic OH excluding ortho intramolecular Hbond substituents is 2. The van der Waals surface area contributed by atoms with Crippen LogP contribution in [0.3, 0.4) is 0 Å². The van der Waals surface area contributed by atoms with Crippen molar-refractivity contribution in [2.45, 2.75) is 0 Å². The Morgan fingerprint density at radius 2 is 1.57 bits per heavy atom. The molecular weight excluding hydrogens is 266 g/mol. The summed E-state index contributed by atoms with van der Waals surface area (Å²) in [5.74, 6) is 0.0509. The molecule has 0 aliphatic carbocycles. The van der Waals surface area contributed by atoms with Gasteiger partial charge in [-0.1, -0.05) is 12.1 Å². The number of aromatic hydroxyl groups is 2. The number of fused-ring (bicyclic) bond motifs is 5. The highest BCUT2D eigenvalue weighted by molar-refractivity contribution is 6.16. The minimum Gasteiger partial charge on any atom is -0.508 e. The molecule has 4 heteroatoms. The van der Waals surface area contributed by atoms with Crippen molar-refractivity contribution in [1.82, 2.24) is 0 Å². The van der Waals surface area contributed by atoms with Crippen LogP contribution in [0.2, 0.25) is 0 Å². The highest BCUT2D eigenvalue weighted by atomic mass is 16.3. The molecule has 1 aromatic heterocycles. The van der Waals surface area contributed by atoms with Crippen LogP contribution in [0.15, 0.2) is 46.9 Å². The van der Waals surface area contributed by atoms with E-state index in [-0.39, 0.29) is 17.1 Å². The normalized spacial score (nSPS) is 11.2. The van der Waals surface area contributed by atoms with Crippen molar-refractivity contribution in [1.29, 1.82) is 5.26 Å². The van der Waals surface area contributed by atoms with Crippen molar-refractivity contribution < 1.29 is 14.6 Å². The molecular formula is C17H9NO3. The lowest BCUT2D eigenvalue weighted by Gasteiger charge is -1.99. The van der Waals surface area contributed by atoms with E-state index in [1.165, 1.54) is 6.07 Å². The van der Waals surface area contributed by atoms with Gasteiger partial charge < -0.3 is 14.6 Å². The molecule has 0 bridgehead atoms. The number of rotatable bonds is 0. The van der Waals surface area contributed by atoms with Crippen LogP contribution in [-0.4, -0.2) is 10.2 Å². The maximum Gasteiger partial charge on any atom is 0.156 e. The minimum absolute atomic E-state index is 0.101. The van der Waals surface area contributed by atoms with Crippen LogP contribution in [0.5, 0.6) is 11.5 Å². The third-order valence-corrected chi connectivity index (χ3v) is 3.70. The SMILES string of the molecule is N#Cc1c(O)ccc2c1oc1c3cc(O)ccc3ccc21. The fourth-order valence-electron chi connectivity index (χ4n) is 2.70. The van der Waals surface area contributed by atoms with Gasteiger partial charge in [-0.15, -0.1) is 0 Å². The quantitative estimate of drug-likeness (QED) is 0.508. The molecule has 4 rings (SSSR count). The van der Waals surface area contributed by atoms with E-state index >= 15 is 0 Å². The topological polar surface area (TPSA) is 77.4 Å². The number of hydrogen-bond donors (Lipinski definition) is 2. The molecule has 0 aliphatic heterocycles. The predicted octanol–water partition coefficient (Wildman–Crippen LogP) is 4.02. The molecule has 4 nitrogen and oxygen atoms in total. The Bertz CT molecular complexity index is 1070. The van der Waals surface area contributed by atoms with Crippen LogP contribution >= 0.6 is 0 Å². The van der Waals surface area contributed by atoms with E-state index in [0.717, 1.165) is 21.5 Å². The first-order valence-electron chi connectivity index (χ1n) is 6.39. The molecule has 0 spiro atoms. The first-order valence-corrected chi connectivity index (χ1v) is 6.39. The van der Waals surface area contributed by atoms with Crippen molar-refractivity contribution in [3.8, 4) is 17.6 Å². The van der Waals surface area contributed by atoms with Crippen LogP contribution in [-0.2, 0) is 0 Å². The minimum atomic E-state index is -0.101. The first kappa shape index (κ1) is 11.6. The maximum absolute atomic E-state index is 9.77. The Kier molecular flexibility index (Phi) is 2.16. The summed E-state index contributed by atoms with van der Waals surface area (Å²) >= 11 is 0. The van der Waals surface area contributed by atoms with Gasteiger partial charge in [-0.2, -0.15) is 5.26 Å². The van der Waals surface area contributed by atoms with Gasteiger partial charge in [0.05, 0.1) is 0 Å². The van der Waals surface area contributed by atoms with Gasteiger partial charge >= 0.3 is 0 Å². The lowest BCUT2D eigenvalue weighted by molar-refractivity contribution is 0.473. The second-order valence-corrected chi connectivity index (χ2v) is 4.90. The highest BCUT2D eigenvalue weighted by Gasteiger charge is 2.15. The van der Waals surface area contributed by atoms with E-state index in [2.05, 4.69) is 0 Å². The van der Waals surface area contributed by atoms with Crippen molar-refractivity contribution in [2.75, 3.05) is 0 Å². The van der Waals surface area contributed by atoms with Gasteiger partial charge in [-0.3, -0.25) is 0 Å². The lowest BCUT2D eigenvalue weighted by Crippen LogP contribution is -1.76. The van der Waals surface area contributed by atoms with Crippen molar-refractivity contribution in [2.24, 2.45) is 0 Å². The lowest BCUT2D eigenvalue weighted by atomic mass is 10.0. The summed E-state index contributed by atoms with van der Waals surface area (Å²) in [7, 11) is 0. The van der Waals surface area contributed by atoms with Crippen LogP contribution in [0.25, 0.3) is 32.7 Å². The average Bonchev–Trinajstić information content (AvgIpc) is 2.86. The van der Waals surface area contributed by atoms with Gasteiger partial charge in [0.2, 0.25) is 0 Å². The van der Waals surface area contributed by atoms with Gasteiger partial charge in [-0.05, 0) is 35.7 Å². The molecule has 4 aromatic rings. The van der Waals surface area contributed by atoms with Gasteiger partial charge in [0.1, 0.15) is 28.7 Å². The number of furan rings is 1. The summed E-state index contributed by atoms with van der Waals surface area (Å²) in [5.41, 5.74) is 1.08. The molecule has 2 N–H and O–H groups in total. The maximum atomic E-state index is 9.77. The summed E-state index contributed by atoms with van der Waals surface area (Å²) in [6, 6.07) is 14.1. The Morgan fingerprint density at radius 1 is 0.857 bits per heavy atom. The van der Waals surface area contributed by atoms with Crippen LogP contribution in [0, 0.1) is 11.3 Å². The molecule has 0 radical (unpaired) electrons. The van der Waals surface area contributed by atoms with E-state index in [4.69, 9.17) is 4.42 Å². The second-order valence-electron chi connectivity index (χ2n) is 4.90. The summed E-state index contributed by atoms with van der Waals surface area (Å²) in [4.78, 5) is 0. The fraction of sp³-hybridized carbons (Fsp3) is 0. The monoisotopic (exact) mass is 275 g/mol. The van der Waals surface area contributed by atoms with E-state index in [1.807, 2.05) is 18.2 Å². The van der Waals surface area contributed by atoms with E-state index in [0.29, 0.717) is 11.2 Å². The van der Waals surface area contributed by atoms with Crippen LogP contribution in [0.4, 0.5) is 0 Å². The third-order valence-electron chi connectivity index (χ3n) is 3.70. The second kappa shape index (κ2) is 3.90. The number of benzene rings is 3. The first-order chi connectivity index (χ1) is 10.2. The molecule has 3 aromatic carbocycles. The number of nitrogens with zero attached hydrogens (tertiary/aromatic N) is 1. The van der Waals surface area contributed by atoms with Gasteiger partial charge in [0.25, 0.3) is 0 Å². The Labute approximate surface area is 119 Å². The number of hydrogen-bond acceptors (Lipinski definition) is 4. The van der Waals surface area contributed by atoms with Gasteiger partial charge in [0.15, 0.2) is 5.58 Å². The van der Waals surface area contributed by atoms with Crippen molar-refractivity contribution in [3.05, 3.63) is 48.0 Å². The molecule has 0 fully saturated rings. The predicted molar refractivity (Wildman–Crippen MR) is 79.3 cm³/mol. The smallest absolute Gasteiger partial charge is 0.156 e. The Hall–Kier alpha value is -3.19. The molecule has 0 amide bonds. The zero-order valence-electron chi connectivity index (χ0n) is 10.8. The van der Waals surface area contributed by atoms with E-state index < -0.39 is 0 Å². The zero-order valence-corrected chi connectivity index (χ0v) is 10.8. The number of phenols is 2. The molecule has 100 valence electrons. The zero-order chi connectivity index (χ0) is 14.6. The fourth-order valence-corrected chi connectivity index (χ4v) is 2.70. The Balaban J connectivity index is 2.28. The molecule has 0 saturated heterocycles. The Morgan fingerprint density at radius 3 is 2.38 bits per heavy atom. The van der Waals surface area contributed by atoms with Crippen LogP contribution < -0.4 is 0 Å².